The minimum absolute atomic E-state index is 0.0706. The first kappa shape index (κ1) is 15.3. The quantitative estimate of drug-likeness (QED) is 0.681. The summed E-state index contributed by atoms with van der Waals surface area (Å²) >= 11 is 0. The molecule has 1 aliphatic carbocycles. The van der Waals surface area contributed by atoms with E-state index in [9.17, 15) is 4.79 Å². The van der Waals surface area contributed by atoms with Gasteiger partial charge in [-0.1, -0.05) is 33.1 Å². The van der Waals surface area contributed by atoms with Gasteiger partial charge in [-0.25, -0.2) is 0 Å². The van der Waals surface area contributed by atoms with Crippen molar-refractivity contribution in [2.75, 3.05) is 13.6 Å². The predicted molar refractivity (Wildman–Crippen MR) is 81.9 cm³/mol. The van der Waals surface area contributed by atoms with Crippen LogP contribution in [0.2, 0.25) is 0 Å². The normalized spacial score (nSPS) is 28.1. The first-order valence-corrected chi connectivity index (χ1v) is 7.93. The fourth-order valence-electron chi connectivity index (χ4n) is 3.17. The number of amidine groups is 1. The second kappa shape index (κ2) is 7.07. The van der Waals surface area contributed by atoms with Gasteiger partial charge in [0.15, 0.2) is 0 Å². The number of nitrogens with one attached hydrogen (secondary N) is 3. The molecule has 1 heterocycles. The van der Waals surface area contributed by atoms with Crippen LogP contribution in [-0.4, -0.2) is 43.5 Å². The Morgan fingerprint density at radius 1 is 1.45 bits per heavy atom. The van der Waals surface area contributed by atoms with Crippen molar-refractivity contribution in [3.63, 3.8) is 0 Å². The summed E-state index contributed by atoms with van der Waals surface area (Å²) in [7, 11) is 1.84. The number of carbonyl (C=O) groups is 1. The molecule has 0 radical (unpaired) electrons. The highest BCUT2D eigenvalue weighted by molar-refractivity contribution is 5.91. The smallest absolute Gasteiger partial charge is 0.237 e. The number of rotatable bonds is 6. The SMILES string of the molecule is CC[C@@H](C)[C@@H](NC)C(=O)NCC1=NC2CCCCC2N1. The molecule has 1 amide bonds. The van der Waals surface area contributed by atoms with Crippen LogP contribution in [0.5, 0.6) is 0 Å². The van der Waals surface area contributed by atoms with Gasteiger partial charge in [0.25, 0.3) is 0 Å². The maximum absolute atomic E-state index is 12.2. The van der Waals surface area contributed by atoms with E-state index in [0.717, 1.165) is 12.3 Å². The van der Waals surface area contributed by atoms with Gasteiger partial charge >= 0.3 is 0 Å². The Balaban J connectivity index is 1.81. The largest absolute Gasteiger partial charge is 0.367 e. The summed E-state index contributed by atoms with van der Waals surface area (Å²) in [5.74, 6) is 1.36. The second-order valence-corrected chi connectivity index (χ2v) is 6.05. The summed E-state index contributed by atoms with van der Waals surface area (Å²) in [4.78, 5) is 16.9. The number of hydrogen-bond acceptors (Lipinski definition) is 4. The van der Waals surface area contributed by atoms with Crippen LogP contribution in [0.1, 0.15) is 46.0 Å². The Morgan fingerprint density at radius 3 is 2.85 bits per heavy atom. The molecule has 20 heavy (non-hydrogen) atoms. The van der Waals surface area contributed by atoms with E-state index in [0.29, 0.717) is 24.5 Å². The molecule has 2 unspecified atom stereocenters. The summed E-state index contributed by atoms with van der Waals surface area (Å²) in [5.41, 5.74) is 0. The van der Waals surface area contributed by atoms with Crippen molar-refractivity contribution in [3.8, 4) is 0 Å². The standard InChI is InChI=1S/C15H28N4O/c1-4-10(2)14(16-3)15(20)17-9-13-18-11-7-5-6-8-12(11)19-13/h10-12,14,16H,4-9H2,1-3H3,(H,17,20)(H,18,19)/t10-,11?,12?,14-/m1/s1. The Hall–Kier alpha value is -1.10. The minimum Gasteiger partial charge on any atom is -0.367 e. The molecule has 0 spiro atoms. The van der Waals surface area contributed by atoms with E-state index in [1.54, 1.807) is 0 Å². The average molecular weight is 280 g/mol. The molecular formula is C15H28N4O. The van der Waals surface area contributed by atoms with Crippen molar-refractivity contribution in [2.24, 2.45) is 10.9 Å². The number of aliphatic imine (C=N–C) groups is 1. The number of hydrogen-bond donors (Lipinski definition) is 3. The molecule has 2 aliphatic rings. The third kappa shape index (κ3) is 3.51. The number of likely N-dealkylation sites (N-methyl/N-ethyl adjacent to an activating group) is 1. The van der Waals surface area contributed by atoms with Gasteiger partial charge in [-0.05, 0) is 25.8 Å². The van der Waals surface area contributed by atoms with E-state index in [1.807, 2.05) is 7.05 Å². The van der Waals surface area contributed by atoms with Crippen LogP contribution < -0.4 is 16.0 Å². The number of nitrogens with zero attached hydrogens (tertiary/aromatic N) is 1. The van der Waals surface area contributed by atoms with E-state index in [2.05, 4.69) is 29.8 Å². The van der Waals surface area contributed by atoms with Gasteiger partial charge in [0.05, 0.1) is 18.6 Å². The summed E-state index contributed by atoms with van der Waals surface area (Å²) in [6.07, 6.45) is 5.95. The van der Waals surface area contributed by atoms with E-state index in [4.69, 9.17) is 4.99 Å². The predicted octanol–water partition coefficient (Wildman–Crippen LogP) is 1.05. The van der Waals surface area contributed by atoms with Crippen molar-refractivity contribution >= 4 is 11.7 Å². The van der Waals surface area contributed by atoms with E-state index >= 15 is 0 Å². The third-order valence-electron chi connectivity index (χ3n) is 4.64. The highest BCUT2D eigenvalue weighted by atomic mass is 16.2. The summed E-state index contributed by atoms with van der Waals surface area (Å²) in [6, 6.07) is 0.819. The number of amides is 1. The van der Waals surface area contributed by atoms with Crippen molar-refractivity contribution in [2.45, 2.75) is 64.1 Å². The fourth-order valence-corrected chi connectivity index (χ4v) is 3.17. The molecule has 0 aromatic heterocycles. The lowest BCUT2D eigenvalue weighted by Gasteiger charge is -2.23. The summed E-state index contributed by atoms with van der Waals surface area (Å²) in [6.45, 7) is 4.73. The number of carbonyl (C=O) groups excluding carboxylic acids is 1. The van der Waals surface area contributed by atoms with E-state index in [-0.39, 0.29) is 11.9 Å². The average Bonchev–Trinajstić information content (AvgIpc) is 2.88. The Kier molecular flexibility index (Phi) is 5.40. The highest BCUT2D eigenvalue weighted by Gasteiger charge is 2.31. The van der Waals surface area contributed by atoms with Gasteiger partial charge in [-0.3, -0.25) is 9.79 Å². The molecular weight excluding hydrogens is 252 g/mol. The molecule has 5 nitrogen and oxygen atoms in total. The molecule has 1 aliphatic heterocycles. The van der Waals surface area contributed by atoms with Gasteiger partial charge in [-0.2, -0.15) is 0 Å². The topological polar surface area (TPSA) is 65.5 Å². The minimum atomic E-state index is -0.121. The molecule has 4 atom stereocenters. The number of fused-ring (bicyclic) bond motifs is 1. The molecule has 0 aromatic carbocycles. The first-order valence-electron chi connectivity index (χ1n) is 7.93. The Bertz CT molecular complexity index is 369. The van der Waals surface area contributed by atoms with Crippen LogP contribution in [0.25, 0.3) is 0 Å². The molecule has 0 aromatic rings. The van der Waals surface area contributed by atoms with Crippen molar-refractivity contribution in [3.05, 3.63) is 0 Å². The molecule has 0 bridgehead atoms. The maximum atomic E-state index is 12.2. The van der Waals surface area contributed by atoms with E-state index in [1.165, 1.54) is 25.7 Å². The molecule has 0 saturated heterocycles. The van der Waals surface area contributed by atoms with Crippen LogP contribution in [0.3, 0.4) is 0 Å². The van der Waals surface area contributed by atoms with Crippen LogP contribution in [-0.2, 0) is 4.79 Å². The van der Waals surface area contributed by atoms with Gasteiger partial charge < -0.3 is 16.0 Å². The maximum Gasteiger partial charge on any atom is 0.237 e. The second-order valence-electron chi connectivity index (χ2n) is 6.05. The van der Waals surface area contributed by atoms with E-state index < -0.39 is 0 Å². The zero-order chi connectivity index (χ0) is 14.5. The molecule has 3 N–H and O–H groups in total. The zero-order valence-electron chi connectivity index (χ0n) is 12.9. The highest BCUT2D eigenvalue weighted by Crippen LogP contribution is 2.24. The van der Waals surface area contributed by atoms with Crippen LogP contribution in [0, 0.1) is 5.92 Å². The summed E-state index contributed by atoms with van der Waals surface area (Å²) in [5, 5.41) is 9.57. The zero-order valence-corrected chi connectivity index (χ0v) is 12.9. The van der Waals surface area contributed by atoms with Gasteiger partial charge in [0, 0.05) is 6.04 Å². The third-order valence-corrected chi connectivity index (χ3v) is 4.64. The van der Waals surface area contributed by atoms with Crippen LogP contribution in [0.4, 0.5) is 0 Å². The first-order chi connectivity index (χ1) is 9.65. The fraction of sp³-hybridized carbons (Fsp3) is 0.867. The van der Waals surface area contributed by atoms with Gasteiger partial charge in [0.1, 0.15) is 5.84 Å². The monoisotopic (exact) mass is 280 g/mol. The van der Waals surface area contributed by atoms with Crippen molar-refractivity contribution < 1.29 is 4.79 Å². The van der Waals surface area contributed by atoms with Gasteiger partial charge in [0.2, 0.25) is 5.91 Å². The lowest BCUT2D eigenvalue weighted by atomic mass is 9.92. The van der Waals surface area contributed by atoms with Crippen LogP contribution >= 0.6 is 0 Å². The van der Waals surface area contributed by atoms with Crippen LogP contribution in [0.15, 0.2) is 4.99 Å². The van der Waals surface area contributed by atoms with Crippen molar-refractivity contribution in [1.82, 2.24) is 16.0 Å². The summed E-state index contributed by atoms with van der Waals surface area (Å²) < 4.78 is 0. The molecule has 1 fully saturated rings. The molecule has 114 valence electrons. The molecule has 2 rings (SSSR count). The Morgan fingerprint density at radius 2 is 2.20 bits per heavy atom. The Labute approximate surface area is 122 Å². The van der Waals surface area contributed by atoms with Crippen molar-refractivity contribution in [1.29, 1.82) is 0 Å². The molecule has 1 saturated carbocycles. The lowest BCUT2D eigenvalue weighted by Crippen LogP contribution is -2.49. The molecule has 5 heteroatoms. The lowest BCUT2D eigenvalue weighted by molar-refractivity contribution is -0.123. The van der Waals surface area contributed by atoms with Gasteiger partial charge in [-0.15, -0.1) is 0 Å².